The number of nitrogens with zero attached hydrogens (tertiary/aromatic N) is 2. The van der Waals surface area contributed by atoms with Crippen LogP contribution in [0.4, 0.5) is 39.5 Å². The van der Waals surface area contributed by atoms with Crippen molar-refractivity contribution in [2.45, 2.75) is 23.9 Å². The molecule has 0 aliphatic heterocycles. The maximum Gasteiger partial charge on any atom is 0.457 e. The van der Waals surface area contributed by atoms with Gasteiger partial charge < -0.3 is 0 Å². The first kappa shape index (κ1) is 29.0. The second kappa shape index (κ2) is 9.98. The van der Waals surface area contributed by atoms with E-state index in [4.69, 9.17) is 0 Å². The maximum absolute atomic E-state index is 16.2. The SMILES string of the molecule is N#Cc1ccccc1-c1c(I)[c]c(I)c(-c2ccccc2C#N)c1C(F)(C(F)(F)F)C(F)(F)C(F)(F)F. The lowest BCUT2D eigenvalue weighted by Gasteiger charge is -2.39. The Morgan fingerprint density at radius 1 is 0.622 bits per heavy atom. The van der Waals surface area contributed by atoms with Gasteiger partial charge in [0.2, 0.25) is 0 Å². The predicted octanol–water partition coefficient (Wildman–Crippen LogP) is 8.70. The first-order chi connectivity index (χ1) is 17.0. The molecule has 0 saturated heterocycles. The van der Waals surface area contributed by atoms with Crippen molar-refractivity contribution in [3.8, 4) is 34.4 Å². The molecule has 13 heteroatoms. The van der Waals surface area contributed by atoms with Crippen LogP contribution in [0.3, 0.4) is 0 Å². The molecule has 3 aromatic carbocycles. The van der Waals surface area contributed by atoms with E-state index in [1.165, 1.54) is 69.4 Å². The van der Waals surface area contributed by atoms with E-state index >= 15 is 4.39 Å². The lowest BCUT2D eigenvalue weighted by molar-refractivity contribution is -0.389. The molecular formula is C24H8F9I2N2. The van der Waals surface area contributed by atoms with Crippen molar-refractivity contribution in [3.63, 3.8) is 0 Å². The van der Waals surface area contributed by atoms with Gasteiger partial charge in [0.05, 0.1) is 23.3 Å². The van der Waals surface area contributed by atoms with Gasteiger partial charge in [0.25, 0.3) is 0 Å². The van der Waals surface area contributed by atoms with Gasteiger partial charge in [-0.2, -0.15) is 45.6 Å². The molecule has 191 valence electrons. The van der Waals surface area contributed by atoms with Gasteiger partial charge in [0, 0.05) is 41.0 Å². The van der Waals surface area contributed by atoms with Crippen molar-refractivity contribution in [1.82, 2.24) is 0 Å². The molecule has 0 N–H and O–H groups in total. The molecule has 1 unspecified atom stereocenters. The minimum absolute atomic E-state index is 0.421. The molecule has 0 heterocycles. The Kier molecular flexibility index (Phi) is 7.83. The normalized spacial score (nSPS) is 14.0. The second-order valence-electron chi connectivity index (χ2n) is 7.42. The summed E-state index contributed by atoms with van der Waals surface area (Å²) in [6, 6.07) is 14.8. The molecule has 0 aliphatic carbocycles. The Balaban J connectivity index is 2.77. The van der Waals surface area contributed by atoms with Crippen molar-refractivity contribution in [1.29, 1.82) is 10.5 Å². The summed E-state index contributed by atoms with van der Waals surface area (Å²) in [6.45, 7) is 0. The van der Waals surface area contributed by atoms with E-state index in [1.807, 2.05) is 0 Å². The molecule has 0 amide bonds. The number of alkyl halides is 9. The zero-order valence-electron chi connectivity index (χ0n) is 17.7. The van der Waals surface area contributed by atoms with Gasteiger partial charge in [-0.1, -0.05) is 36.4 Å². The quantitative estimate of drug-likeness (QED) is 0.198. The van der Waals surface area contributed by atoms with E-state index in [2.05, 4.69) is 6.07 Å². The van der Waals surface area contributed by atoms with Crippen molar-refractivity contribution in [3.05, 3.63) is 78.4 Å². The van der Waals surface area contributed by atoms with Crippen molar-refractivity contribution in [2.24, 2.45) is 0 Å². The van der Waals surface area contributed by atoms with Crippen LogP contribution in [0.5, 0.6) is 0 Å². The van der Waals surface area contributed by atoms with Gasteiger partial charge in [0.15, 0.2) is 0 Å². The van der Waals surface area contributed by atoms with Crippen molar-refractivity contribution < 1.29 is 39.5 Å². The van der Waals surface area contributed by atoms with Gasteiger partial charge in [-0.15, -0.1) is 0 Å². The van der Waals surface area contributed by atoms with Crippen LogP contribution in [0.1, 0.15) is 16.7 Å². The van der Waals surface area contributed by atoms with Gasteiger partial charge in [-0.25, -0.2) is 4.39 Å². The monoisotopic (exact) mass is 749 g/mol. The summed E-state index contributed by atoms with van der Waals surface area (Å²) >= 11 is 2.65. The summed E-state index contributed by atoms with van der Waals surface area (Å²) in [5.74, 6) is -6.99. The van der Waals surface area contributed by atoms with Crippen LogP contribution in [0, 0.1) is 35.9 Å². The minimum atomic E-state index is -6.99. The summed E-state index contributed by atoms with van der Waals surface area (Å²) in [4.78, 5) is 0. The number of hydrogen-bond donors (Lipinski definition) is 0. The second-order valence-corrected chi connectivity index (χ2v) is 9.58. The lowest BCUT2D eigenvalue weighted by atomic mass is 9.77. The summed E-state index contributed by atoms with van der Waals surface area (Å²) in [5, 5.41) is 19.0. The van der Waals surface area contributed by atoms with E-state index in [9.17, 15) is 45.6 Å². The Hall–Kier alpha value is -2.53. The highest BCUT2D eigenvalue weighted by molar-refractivity contribution is 14.1. The first-order valence-corrected chi connectivity index (χ1v) is 11.8. The number of nitriles is 2. The molecule has 0 spiro atoms. The smallest absolute Gasteiger partial charge is 0.221 e. The average molecular weight is 749 g/mol. The molecule has 0 bridgehead atoms. The van der Waals surface area contributed by atoms with Gasteiger partial charge >= 0.3 is 23.9 Å². The van der Waals surface area contributed by atoms with Crippen molar-refractivity contribution >= 4 is 45.2 Å². The molecular weight excluding hydrogens is 741 g/mol. The maximum atomic E-state index is 16.2. The molecule has 2 nitrogen and oxygen atoms in total. The fourth-order valence-corrected chi connectivity index (χ4v) is 5.86. The Labute approximate surface area is 231 Å². The topological polar surface area (TPSA) is 47.6 Å². The highest BCUT2D eigenvalue weighted by Crippen LogP contribution is 2.62. The molecule has 0 aliphatic rings. The van der Waals surface area contributed by atoms with Crippen LogP contribution in [-0.2, 0) is 5.67 Å². The van der Waals surface area contributed by atoms with E-state index in [0.717, 1.165) is 24.3 Å². The third-order valence-electron chi connectivity index (χ3n) is 5.32. The van der Waals surface area contributed by atoms with Crippen LogP contribution in [0.15, 0.2) is 48.5 Å². The zero-order chi connectivity index (χ0) is 28.0. The minimum Gasteiger partial charge on any atom is -0.221 e. The van der Waals surface area contributed by atoms with Crippen LogP contribution >= 0.6 is 45.2 Å². The average Bonchev–Trinajstić information content (AvgIpc) is 2.81. The largest absolute Gasteiger partial charge is 0.457 e. The number of rotatable bonds is 4. The molecule has 37 heavy (non-hydrogen) atoms. The Bertz CT molecular complexity index is 1370. The van der Waals surface area contributed by atoms with Crippen molar-refractivity contribution in [2.75, 3.05) is 0 Å². The summed E-state index contributed by atoms with van der Waals surface area (Å²) in [5.41, 5.74) is -12.4. The Morgan fingerprint density at radius 3 is 1.32 bits per heavy atom. The van der Waals surface area contributed by atoms with Crippen LogP contribution in [0.25, 0.3) is 22.3 Å². The molecule has 1 atom stereocenters. The van der Waals surface area contributed by atoms with Gasteiger partial charge in [0.1, 0.15) is 0 Å². The zero-order valence-corrected chi connectivity index (χ0v) is 22.0. The third-order valence-corrected chi connectivity index (χ3v) is 6.93. The van der Waals surface area contributed by atoms with E-state index in [-0.39, 0.29) is 0 Å². The van der Waals surface area contributed by atoms with E-state index < -0.39 is 70.0 Å². The summed E-state index contributed by atoms with van der Waals surface area (Å²) in [6.07, 6.45) is -13.8. The summed E-state index contributed by atoms with van der Waals surface area (Å²) < 4.78 is 128. The fraction of sp³-hybridized carbons (Fsp3) is 0.167. The predicted molar refractivity (Wildman–Crippen MR) is 131 cm³/mol. The third kappa shape index (κ3) is 4.65. The fourth-order valence-electron chi connectivity index (χ4n) is 3.69. The first-order valence-electron chi connectivity index (χ1n) is 9.68. The molecule has 0 saturated carbocycles. The van der Waals surface area contributed by atoms with E-state index in [0.29, 0.717) is 0 Å². The lowest BCUT2D eigenvalue weighted by Crippen LogP contribution is -2.60. The number of hydrogen-bond acceptors (Lipinski definition) is 2. The molecule has 1 radical (unpaired) electrons. The van der Waals surface area contributed by atoms with Crippen LogP contribution in [-0.4, -0.2) is 18.3 Å². The summed E-state index contributed by atoms with van der Waals surface area (Å²) in [7, 11) is 0. The highest BCUT2D eigenvalue weighted by atomic mass is 127. The number of benzene rings is 3. The van der Waals surface area contributed by atoms with Crippen LogP contribution < -0.4 is 0 Å². The Morgan fingerprint density at radius 2 is 1.00 bits per heavy atom. The standard InChI is InChI=1S/C24H8F9I2N2/c25-21(23(28,29)30,22(26,27)24(31,32)33)20-18(14-7-3-1-5-12(14)10-36)16(34)9-17(35)19(20)15-8-4-2-6-13(15)11-37/h1-8H. The number of halogens is 11. The molecule has 3 aromatic rings. The highest BCUT2D eigenvalue weighted by Gasteiger charge is 2.82. The molecule has 3 rings (SSSR count). The van der Waals surface area contributed by atoms with Gasteiger partial charge in [-0.3, -0.25) is 0 Å². The molecule has 0 fully saturated rings. The van der Waals surface area contributed by atoms with Gasteiger partial charge in [-0.05, 0) is 57.3 Å². The van der Waals surface area contributed by atoms with Crippen LogP contribution in [0.2, 0.25) is 0 Å². The molecule has 0 aromatic heterocycles. The van der Waals surface area contributed by atoms with E-state index in [1.54, 1.807) is 12.1 Å².